The van der Waals surface area contributed by atoms with Gasteiger partial charge in [0.2, 0.25) is 0 Å². The first-order valence-electron chi connectivity index (χ1n) is 8.93. The van der Waals surface area contributed by atoms with Gasteiger partial charge in [-0.3, -0.25) is 9.79 Å². The monoisotopic (exact) mass is 345 g/mol. The number of rotatable bonds is 6. The van der Waals surface area contributed by atoms with Crippen molar-refractivity contribution in [2.45, 2.75) is 12.8 Å². The summed E-state index contributed by atoms with van der Waals surface area (Å²) >= 11 is 0. The van der Waals surface area contributed by atoms with Crippen LogP contribution in [-0.4, -0.2) is 76.0 Å². The van der Waals surface area contributed by atoms with Crippen molar-refractivity contribution in [3.8, 4) is 0 Å². The van der Waals surface area contributed by atoms with Crippen LogP contribution in [0.1, 0.15) is 22.3 Å². The van der Waals surface area contributed by atoms with Crippen LogP contribution < -0.4 is 10.6 Å². The van der Waals surface area contributed by atoms with Crippen molar-refractivity contribution in [2.75, 3.05) is 54.4 Å². The SMILES string of the molecule is CN=C(NCCc1cccc(C(=O)N(C)C)c1)NCC1CCN(C)C1. The predicted molar refractivity (Wildman–Crippen MR) is 103 cm³/mol. The molecule has 1 aliphatic heterocycles. The van der Waals surface area contributed by atoms with Gasteiger partial charge >= 0.3 is 0 Å². The number of aliphatic imine (C=N–C) groups is 1. The number of carbonyl (C=O) groups is 1. The second-order valence-corrected chi connectivity index (χ2v) is 6.95. The topological polar surface area (TPSA) is 60.0 Å². The highest BCUT2D eigenvalue weighted by molar-refractivity contribution is 5.94. The molecule has 6 nitrogen and oxygen atoms in total. The Balaban J connectivity index is 1.77. The van der Waals surface area contributed by atoms with E-state index >= 15 is 0 Å². The van der Waals surface area contributed by atoms with Gasteiger partial charge in [0.1, 0.15) is 0 Å². The van der Waals surface area contributed by atoms with Gasteiger partial charge in [-0.2, -0.15) is 0 Å². The average molecular weight is 345 g/mol. The molecule has 1 atom stereocenters. The Hall–Kier alpha value is -2.08. The summed E-state index contributed by atoms with van der Waals surface area (Å²) in [7, 11) is 7.51. The number of amides is 1. The lowest BCUT2D eigenvalue weighted by molar-refractivity contribution is 0.0827. The van der Waals surface area contributed by atoms with Crippen LogP contribution in [0.15, 0.2) is 29.3 Å². The van der Waals surface area contributed by atoms with E-state index in [9.17, 15) is 4.79 Å². The third kappa shape index (κ3) is 6.05. The van der Waals surface area contributed by atoms with Crippen LogP contribution in [0.3, 0.4) is 0 Å². The summed E-state index contributed by atoms with van der Waals surface area (Å²) < 4.78 is 0. The number of carbonyl (C=O) groups excluding carboxylic acids is 1. The summed E-state index contributed by atoms with van der Waals surface area (Å²) in [6.07, 6.45) is 2.09. The molecule has 0 radical (unpaired) electrons. The third-order valence-electron chi connectivity index (χ3n) is 4.56. The summed E-state index contributed by atoms with van der Waals surface area (Å²) in [5.41, 5.74) is 1.88. The van der Waals surface area contributed by atoms with Crippen LogP contribution in [0, 0.1) is 5.92 Å². The molecule has 1 amide bonds. The molecule has 1 fully saturated rings. The standard InChI is InChI=1S/C19H31N5O/c1-20-19(22-13-16-9-11-24(4)14-16)21-10-8-15-6-5-7-17(12-15)18(25)23(2)3/h5-7,12,16H,8-11,13-14H2,1-4H3,(H2,20,21,22). The lowest BCUT2D eigenvalue weighted by Gasteiger charge is -2.16. The molecule has 6 heteroatoms. The fraction of sp³-hybridized carbons (Fsp3) is 0.579. The zero-order valence-electron chi connectivity index (χ0n) is 15.9. The summed E-state index contributed by atoms with van der Waals surface area (Å²) in [5.74, 6) is 1.57. The largest absolute Gasteiger partial charge is 0.356 e. The first kappa shape index (κ1) is 19.2. The fourth-order valence-electron chi connectivity index (χ4n) is 3.10. The van der Waals surface area contributed by atoms with Crippen LogP contribution in [0.2, 0.25) is 0 Å². The van der Waals surface area contributed by atoms with E-state index in [0.29, 0.717) is 5.92 Å². The number of benzene rings is 1. The molecule has 0 aliphatic carbocycles. The van der Waals surface area contributed by atoms with Crippen LogP contribution in [0.5, 0.6) is 0 Å². The van der Waals surface area contributed by atoms with Gasteiger partial charge in [0.25, 0.3) is 5.91 Å². The van der Waals surface area contributed by atoms with Gasteiger partial charge in [0, 0.05) is 46.3 Å². The summed E-state index contributed by atoms with van der Waals surface area (Å²) in [6.45, 7) is 4.07. The Labute approximate surface area is 151 Å². The maximum Gasteiger partial charge on any atom is 0.253 e. The number of hydrogen-bond acceptors (Lipinski definition) is 3. The van der Waals surface area contributed by atoms with Crippen LogP contribution in [0.25, 0.3) is 0 Å². The van der Waals surface area contributed by atoms with Gasteiger partial charge in [-0.1, -0.05) is 12.1 Å². The van der Waals surface area contributed by atoms with E-state index in [2.05, 4.69) is 33.6 Å². The Morgan fingerprint density at radius 3 is 2.80 bits per heavy atom. The molecule has 25 heavy (non-hydrogen) atoms. The minimum Gasteiger partial charge on any atom is -0.356 e. The Kier molecular flexibility index (Phi) is 7.25. The maximum absolute atomic E-state index is 12.0. The molecule has 1 aliphatic rings. The number of nitrogens with one attached hydrogen (secondary N) is 2. The van der Waals surface area contributed by atoms with Crippen molar-refractivity contribution in [1.29, 1.82) is 0 Å². The molecule has 0 spiro atoms. The number of guanidine groups is 1. The molecule has 1 saturated heterocycles. The molecule has 0 aromatic heterocycles. The van der Waals surface area contributed by atoms with Gasteiger partial charge < -0.3 is 20.4 Å². The first-order valence-corrected chi connectivity index (χ1v) is 8.93. The fourth-order valence-corrected chi connectivity index (χ4v) is 3.10. The van der Waals surface area contributed by atoms with Crippen LogP contribution in [0.4, 0.5) is 0 Å². The van der Waals surface area contributed by atoms with Gasteiger partial charge in [0.15, 0.2) is 5.96 Å². The molecule has 0 saturated carbocycles. The highest BCUT2D eigenvalue weighted by Crippen LogP contribution is 2.12. The molecule has 138 valence electrons. The second kappa shape index (κ2) is 9.42. The number of likely N-dealkylation sites (tertiary alicyclic amines) is 1. The molecular weight excluding hydrogens is 314 g/mol. The normalized spacial score (nSPS) is 18.2. The summed E-state index contributed by atoms with van der Waals surface area (Å²) in [5, 5.41) is 6.77. The zero-order chi connectivity index (χ0) is 18.2. The maximum atomic E-state index is 12.0. The van der Waals surface area contributed by atoms with Gasteiger partial charge in [-0.05, 0) is 50.0 Å². The molecular formula is C19H31N5O. The summed E-state index contributed by atoms with van der Waals surface area (Å²) in [4.78, 5) is 20.3. The second-order valence-electron chi connectivity index (χ2n) is 6.95. The lowest BCUT2D eigenvalue weighted by atomic mass is 10.1. The Morgan fingerprint density at radius 1 is 1.36 bits per heavy atom. The molecule has 2 rings (SSSR count). The van der Waals surface area contributed by atoms with Crippen molar-refractivity contribution in [3.63, 3.8) is 0 Å². The van der Waals surface area contributed by atoms with Crippen molar-refractivity contribution in [1.82, 2.24) is 20.4 Å². The Bertz CT molecular complexity index is 599. The highest BCUT2D eigenvalue weighted by atomic mass is 16.2. The number of hydrogen-bond donors (Lipinski definition) is 2. The van der Waals surface area contributed by atoms with E-state index in [1.807, 2.05) is 18.2 Å². The van der Waals surface area contributed by atoms with Crippen LogP contribution in [-0.2, 0) is 6.42 Å². The number of nitrogens with zero attached hydrogens (tertiary/aromatic N) is 3. The molecule has 0 bridgehead atoms. The zero-order valence-corrected chi connectivity index (χ0v) is 15.9. The summed E-state index contributed by atoms with van der Waals surface area (Å²) in [6, 6.07) is 7.82. The molecule has 1 aromatic carbocycles. The van der Waals surface area contributed by atoms with E-state index in [1.54, 1.807) is 26.0 Å². The van der Waals surface area contributed by atoms with E-state index in [4.69, 9.17) is 0 Å². The van der Waals surface area contributed by atoms with E-state index in [-0.39, 0.29) is 5.91 Å². The quantitative estimate of drug-likeness (QED) is 0.598. The van der Waals surface area contributed by atoms with E-state index < -0.39 is 0 Å². The van der Waals surface area contributed by atoms with Crippen LogP contribution >= 0.6 is 0 Å². The van der Waals surface area contributed by atoms with Gasteiger partial charge in [0.05, 0.1) is 0 Å². The smallest absolute Gasteiger partial charge is 0.253 e. The minimum atomic E-state index is 0.0359. The lowest BCUT2D eigenvalue weighted by Crippen LogP contribution is -2.41. The highest BCUT2D eigenvalue weighted by Gasteiger charge is 2.19. The van der Waals surface area contributed by atoms with Crippen molar-refractivity contribution in [2.24, 2.45) is 10.9 Å². The molecule has 1 heterocycles. The molecule has 2 N–H and O–H groups in total. The first-order chi connectivity index (χ1) is 12.0. The molecule has 1 aromatic rings. The van der Waals surface area contributed by atoms with Crippen molar-refractivity contribution < 1.29 is 4.79 Å². The van der Waals surface area contributed by atoms with Crippen molar-refractivity contribution in [3.05, 3.63) is 35.4 Å². The van der Waals surface area contributed by atoms with Gasteiger partial charge in [-0.25, -0.2) is 0 Å². The minimum absolute atomic E-state index is 0.0359. The Morgan fingerprint density at radius 2 is 2.16 bits per heavy atom. The van der Waals surface area contributed by atoms with Crippen molar-refractivity contribution >= 4 is 11.9 Å². The van der Waals surface area contributed by atoms with Gasteiger partial charge in [-0.15, -0.1) is 0 Å². The third-order valence-corrected chi connectivity index (χ3v) is 4.56. The van der Waals surface area contributed by atoms with E-state index in [0.717, 1.165) is 43.1 Å². The predicted octanol–water partition coefficient (Wildman–Crippen LogP) is 1.05. The molecule has 1 unspecified atom stereocenters. The van der Waals surface area contributed by atoms with E-state index in [1.165, 1.54) is 13.0 Å². The average Bonchev–Trinajstić information content (AvgIpc) is 3.02.